The summed E-state index contributed by atoms with van der Waals surface area (Å²) in [5.74, 6) is 0. The van der Waals surface area contributed by atoms with Crippen LogP contribution < -0.4 is 0 Å². The molecule has 0 saturated heterocycles. The first-order chi connectivity index (χ1) is 12.6. The Balaban J connectivity index is -0.000000440. The lowest BCUT2D eigenvalue weighted by atomic mass is 10.1. The minimum Gasteiger partial charge on any atom is -0.0991 e. The molecule has 0 aliphatic rings. The van der Waals surface area contributed by atoms with Crippen molar-refractivity contribution < 1.29 is 0 Å². The summed E-state index contributed by atoms with van der Waals surface area (Å²) in [6, 6.07) is 8.47. The molecule has 1 aromatic rings. The Morgan fingerprint density at radius 1 is 0.731 bits per heavy atom. The van der Waals surface area contributed by atoms with Crippen molar-refractivity contribution in [1.82, 2.24) is 0 Å². The molecule has 0 atom stereocenters. The Hall–Kier alpha value is -2.86. The number of aryl methyl sites for hydroxylation is 1. The Labute approximate surface area is 162 Å². The summed E-state index contributed by atoms with van der Waals surface area (Å²) in [6.07, 6.45) is 18.6. The molecule has 0 amide bonds. The van der Waals surface area contributed by atoms with E-state index in [0.29, 0.717) is 0 Å². The second-order valence-electron chi connectivity index (χ2n) is 4.59. The topological polar surface area (TPSA) is 0 Å². The van der Waals surface area contributed by atoms with Gasteiger partial charge in [0, 0.05) is 0 Å². The molecule has 0 aliphatic carbocycles. The summed E-state index contributed by atoms with van der Waals surface area (Å²) in [4.78, 5) is 0. The van der Waals surface area contributed by atoms with Crippen LogP contribution in [0.4, 0.5) is 0 Å². The van der Waals surface area contributed by atoms with Crippen LogP contribution in [0.3, 0.4) is 0 Å². The fraction of sp³-hybridized carbons (Fsp3) is 0.154. The van der Waals surface area contributed by atoms with E-state index < -0.39 is 0 Å². The fourth-order valence-corrected chi connectivity index (χ4v) is 1.37. The normalized spacial score (nSPS) is 9.46. The van der Waals surface area contributed by atoms with Gasteiger partial charge in [-0.2, -0.15) is 0 Å². The molecular formula is C26H36. The lowest BCUT2D eigenvalue weighted by molar-refractivity contribution is 1.46. The van der Waals surface area contributed by atoms with E-state index in [1.54, 1.807) is 30.4 Å². The first-order valence-corrected chi connectivity index (χ1v) is 8.76. The van der Waals surface area contributed by atoms with Gasteiger partial charge in [-0.25, -0.2) is 0 Å². The summed E-state index contributed by atoms with van der Waals surface area (Å²) >= 11 is 0. The number of benzene rings is 1. The van der Waals surface area contributed by atoms with E-state index in [1.807, 2.05) is 32.9 Å². The monoisotopic (exact) mass is 348 g/mol. The van der Waals surface area contributed by atoms with Gasteiger partial charge < -0.3 is 0 Å². The molecule has 1 rings (SSSR count). The average Bonchev–Trinajstić information content (AvgIpc) is 2.69. The van der Waals surface area contributed by atoms with Crippen molar-refractivity contribution in [3.05, 3.63) is 129 Å². The minimum atomic E-state index is 1.15. The standard InChI is InChI=1S/C16H18.2C4H6.C2H6/c1-4-6-15(7-5-2)12-13-16-10-8-14(3)9-11-16;2*1-3-4-2;1-2/h4-13H,1H2,2-3H3;2*3-4H,1-2H2;1-2H3/b7-5-,13-12+,15-6+;;;. The van der Waals surface area contributed by atoms with Gasteiger partial charge in [0.2, 0.25) is 0 Å². The summed E-state index contributed by atoms with van der Waals surface area (Å²) < 4.78 is 0. The molecule has 140 valence electrons. The Morgan fingerprint density at radius 2 is 1.19 bits per heavy atom. The highest BCUT2D eigenvalue weighted by Crippen LogP contribution is 2.08. The van der Waals surface area contributed by atoms with Crippen LogP contribution in [0.25, 0.3) is 6.08 Å². The highest BCUT2D eigenvalue weighted by Gasteiger charge is 1.87. The molecule has 1 aromatic carbocycles. The highest BCUT2D eigenvalue weighted by molar-refractivity contribution is 5.55. The van der Waals surface area contributed by atoms with Crippen molar-refractivity contribution in [2.24, 2.45) is 0 Å². The van der Waals surface area contributed by atoms with Gasteiger partial charge in [-0.1, -0.05) is 137 Å². The maximum absolute atomic E-state index is 3.71. The third-order valence-corrected chi connectivity index (χ3v) is 2.55. The van der Waals surface area contributed by atoms with Gasteiger partial charge in [-0.15, -0.1) is 0 Å². The molecular weight excluding hydrogens is 312 g/mol. The molecule has 0 N–H and O–H groups in total. The molecule has 26 heavy (non-hydrogen) atoms. The van der Waals surface area contributed by atoms with Crippen molar-refractivity contribution >= 4 is 6.08 Å². The maximum Gasteiger partial charge on any atom is -0.0256 e. The predicted molar refractivity (Wildman–Crippen MR) is 125 cm³/mol. The van der Waals surface area contributed by atoms with E-state index in [2.05, 4.69) is 82.3 Å². The van der Waals surface area contributed by atoms with E-state index >= 15 is 0 Å². The Kier molecular flexibility index (Phi) is 26.2. The van der Waals surface area contributed by atoms with Crippen LogP contribution in [0.5, 0.6) is 0 Å². The van der Waals surface area contributed by atoms with Gasteiger partial charge in [-0.05, 0) is 25.0 Å². The van der Waals surface area contributed by atoms with Crippen LogP contribution >= 0.6 is 0 Å². The van der Waals surface area contributed by atoms with Crippen molar-refractivity contribution in [1.29, 1.82) is 0 Å². The molecule has 0 heteroatoms. The van der Waals surface area contributed by atoms with E-state index in [0.717, 1.165) is 5.57 Å². The van der Waals surface area contributed by atoms with Gasteiger partial charge in [-0.3, -0.25) is 0 Å². The van der Waals surface area contributed by atoms with Gasteiger partial charge in [0.05, 0.1) is 0 Å². The molecule has 0 saturated carbocycles. The minimum absolute atomic E-state index is 1.15. The zero-order valence-corrected chi connectivity index (χ0v) is 17.1. The summed E-state index contributed by atoms with van der Waals surface area (Å²) in [5, 5.41) is 0. The van der Waals surface area contributed by atoms with Crippen LogP contribution in [0.1, 0.15) is 31.9 Å². The zero-order chi connectivity index (χ0) is 20.6. The molecule has 0 fully saturated rings. The lowest BCUT2D eigenvalue weighted by Crippen LogP contribution is -1.75. The van der Waals surface area contributed by atoms with Crippen LogP contribution in [-0.4, -0.2) is 0 Å². The summed E-state index contributed by atoms with van der Waals surface area (Å²) in [6.45, 7) is 25.3. The molecule has 0 unspecified atom stereocenters. The Bertz CT molecular complexity index is 551. The van der Waals surface area contributed by atoms with E-state index in [4.69, 9.17) is 0 Å². The van der Waals surface area contributed by atoms with E-state index in [-0.39, 0.29) is 0 Å². The van der Waals surface area contributed by atoms with Crippen LogP contribution in [0, 0.1) is 6.92 Å². The zero-order valence-electron chi connectivity index (χ0n) is 17.1. The predicted octanol–water partition coefficient (Wildman–Crippen LogP) is 8.44. The molecule has 0 aromatic heterocycles. The van der Waals surface area contributed by atoms with Gasteiger partial charge in [0.1, 0.15) is 0 Å². The maximum atomic E-state index is 3.71. The molecule has 0 aliphatic heterocycles. The van der Waals surface area contributed by atoms with Crippen molar-refractivity contribution in [2.75, 3.05) is 0 Å². The number of rotatable bonds is 6. The SMILES string of the molecule is C=C/C=C(\C=C/C)/C=C/c1ccc(C)cc1.C=CC=C.C=CC=C.CC. The number of hydrogen-bond acceptors (Lipinski definition) is 0. The van der Waals surface area contributed by atoms with E-state index in [9.17, 15) is 0 Å². The fourth-order valence-electron chi connectivity index (χ4n) is 1.37. The Morgan fingerprint density at radius 3 is 1.54 bits per heavy atom. The van der Waals surface area contributed by atoms with E-state index in [1.165, 1.54) is 11.1 Å². The summed E-state index contributed by atoms with van der Waals surface area (Å²) in [7, 11) is 0. The number of allylic oxidation sites excluding steroid dienone is 10. The molecule has 0 spiro atoms. The quantitative estimate of drug-likeness (QED) is 0.452. The average molecular weight is 349 g/mol. The number of hydrogen-bond donors (Lipinski definition) is 0. The van der Waals surface area contributed by atoms with Crippen molar-refractivity contribution in [2.45, 2.75) is 27.7 Å². The van der Waals surface area contributed by atoms with Crippen LogP contribution in [-0.2, 0) is 0 Å². The second kappa shape index (κ2) is 24.4. The molecule has 0 nitrogen and oxygen atoms in total. The van der Waals surface area contributed by atoms with Crippen LogP contribution in [0.15, 0.2) is 117 Å². The molecule has 0 heterocycles. The lowest BCUT2D eigenvalue weighted by Gasteiger charge is -1.95. The van der Waals surface area contributed by atoms with Gasteiger partial charge >= 0.3 is 0 Å². The third-order valence-electron chi connectivity index (χ3n) is 2.55. The first kappa shape index (κ1) is 28.0. The molecule has 0 bridgehead atoms. The van der Waals surface area contributed by atoms with Gasteiger partial charge in [0.25, 0.3) is 0 Å². The summed E-state index contributed by atoms with van der Waals surface area (Å²) in [5.41, 5.74) is 3.65. The second-order valence-corrected chi connectivity index (χ2v) is 4.59. The third kappa shape index (κ3) is 21.1. The smallest absolute Gasteiger partial charge is 0.0256 e. The first-order valence-electron chi connectivity index (χ1n) is 8.76. The van der Waals surface area contributed by atoms with Gasteiger partial charge in [0.15, 0.2) is 0 Å². The van der Waals surface area contributed by atoms with Crippen molar-refractivity contribution in [3.8, 4) is 0 Å². The largest absolute Gasteiger partial charge is 0.0991 e. The molecule has 0 radical (unpaired) electrons. The highest BCUT2D eigenvalue weighted by atomic mass is 13.9. The van der Waals surface area contributed by atoms with Crippen molar-refractivity contribution in [3.63, 3.8) is 0 Å². The van der Waals surface area contributed by atoms with Crippen LogP contribution in [0.2, 0.25) is 0 Å².